The standard InChI is InChI=1S/C100H104O26/c1-7-91(101)117-61-25-17-13-21-57-113-77-43-33-71(34-44-77)95(105)121-81-51-55-85(123-97(107)73-37-47-79(48-38-73)115-59-23-15-19-27-63-119-93(103)9-3)83(67-81)99(109)125-89-65-75(41-53-87(89)111-11-5)69-29-31-70(32-30-69)76-42-54-88(112-12-6)90(66-76)126-100(110)84-68-82(122-96(106)72-35-45-78(46-36-72)114-58-22-14-18-26-62-118-92(102)8-2)52-56-86(84)124-98(108)74-39-49-80(50-40-74)116-60-24-16-20-28-64-120-94(104)10-4/h7-10,29-56,65-68,99,109H,1-4,11-28,57-64H2,5-6H3. The highest BCUT2D eigenvalue weighted by Crippen LogP contribution is 2.41. The van der Waals surface area contributed by atoms with Gasteiger partial charge in [-0.25, -0.2) is 43.2 Å². The number of carbonyl (C=O) groups is 9. The Kier molecular flexibility index (Phi) is 39.6. The van der Waals surface area contributed by atoms with E-state index in [0.717, 1.165) is 101 Å². The molecular weight excluding hydrogens is 1620 g/mol. The average molecular weight is 1720 g/mol. The van der Waals surface area contributed by atoms with Crippen molar-refractivity contribution in [3.8, 4) is 91.2 Å². The van der Waals surface area contributed by atoms with Crippen LogP contribution in [0.25, 0.3) is 22.3 Å². The Bertz CT molecular complexity index is 5110. The van der Waals surface area contributed by atoms with E-state index in [-0.39, 0.29) is 92.6 Å². The number of benzene rings is 9. The van der Waals surface area contributed by atoms with Gasteiger partial charge in [0.25, 0.3) is 0 Å². The van der Waals surface area contributed by atoms with Crippen molar-refractivity contribution in [1.29, 1.82) is 0 Å². The van der Waals surface area contributed by atoms with Gasteiger partial charge in [0.05, 0.1) is 93.9 Å². The quantitative estimate of drug-likeness (QED) is 0.00924. The normalized spacial score (nSPS) is 10.9. The van der Waals surface area contributed by atoms with Crippen LogP contribution in [0, 0.1) is 0 Å². The number of hydrogen-bond donors (Lipinski definition) is 1. The molecule has 0 fully saturated rings. The molecule has 1 unspecified atom stereocenters. The van der Waals surface area contributed by atoms with Gasteiger partial charge in [-0.1, -0.05) is 62.7 Å². The third-order valence-corrected chi connectivity index (χ3v) is 19.0. The highest BCUT2D eigenvalue weighted by molar-refractivity contribution is 5.99. The minimum atomic E-state index is -1.90. The number of aliphatic hydroxyl groups excluding tert-OH is 1. The molecule has 126 heavy (non-hydrogen) atoms. The highest BCUT2D eigenvalue weighted by Gasteiger charge is 2.27. The van der Waals surface area contributed by atoms with Gasteiger partial charge in [-0.3, -0.25) is 0 Å². The number of esters is 9. The topological polar surface area (TPSA) is 322 Å². The van der Waals surface area contributed by atoms with Crippen molar-refractivity contribution in [2.75, 3.05) is 66.1 Å². The molecule has 9 aromatic carbocycles. The number of rotatable bonds is 55. The fraction of sp³-hybridized carbons (Fsp3) is 0.290. The molecule has 0 heterocycles. The maximum absolute atomic E-state index is 14.8. The monoisotopic (exact) mass is 1720 g/mol. The number of unbranched alkanes of at least 4 members (excludes halogenated alkanes) is 12. The molecule has 26 nitrogen and oxygen atoms in total. The molecular formula is C100H104O26. The minimum absolute atomic E-state index is 0.0167. The van der Waals surface area contributed by atoms with E-state index in [1.54, 1.807) is 111 Å². The molecule has 1 atom stereocenters. The van der Waals surface area contributed by atoms with Gasteiger partial charge >= 0.3 is 53.7 Å². The molecule has 0 aliphatic carbocycles. The van der Waals surface area contributed by atoms with Crippen LogP contribution in [0.15, 0.2) is 245 Å². The second-order valence-electron chi connectivity index (χ2n) is 28.2. The molecule has 0 aliphatic rings. The predicted octanol–water partition coefficient (Wildman–Crippen LogP) is 19.7. The second-order valence-corrected chi connectivity index (χ2v) is 28.2. The summed E-state index contributed by atoms with van der Waals surface area (Å²) in [6.07, 6.45) is 15.1. The fourth-order valence-corrected chi connectivity index (χ4v) is 12.3. The molecule has 0 aromatic heterocycles. The first-order chi connectivity index (χ1) is 61.3. The molecule has 0 amide bonds. The molecule has 9 rings (SSSR count). The summed E-state index contributed by atoms with van der Waals surface area (Å²) in [6.45, 7) is 20.4. The molecule has 0 spiro atoms. The average Bonchev–Trinajstić information content (AvgIpc) is 0.802. The molecule has 9 aromatic rings. The van der Waals surface area contributed by atoms with E-state index in [2.05, 4.69) is 26.3 Å². The van der Waals surface area contributed by atoms with Crippen LogP contribution in [0.2, 0.25) is 0 Å². The van der Waals surface area contributed by atoms with Gasteiger partial charge in [-0.15, -0.1) is 0 Å². The Morgan fingerprint density at radius 3 is 0.897 bits per heavy atom. The van der Waals surface area contributed by atoms with Crippen LogP contribution in [0.3, 0.4) is 0 Å². The summed E-state index contributed by atoms with van der Waals surface area (Å²) in [5.41, 5.74) is 2.76. The van der Waals surface area contributed by atoms with Crippen molar-refractivity contribution >= 4 is 53.7 Å². The summed E-state index contributed by atoms with van der Waals surface area (Å²) in [5.74, 6) is -3.94. The number of hydrogen-bond acceptors (Lipinski definition) is 26. The summed E-state index contributed by atoms with van der Waals surface area (Å²) < 4.78 is 92.0. The lowest BCUT2D eigenvalue weighted by Crippen LogP contribution is -2.16. The van der Waals surface area contributed by atoms with E-state index in [4.69, 9.17) is 75.8 Å². The van der Waals surface area contributed by atoms with E-state index in [1.807, 2.05) is 24.3 Å². The molecule has 660 valence electrons. The van der Waals surface area contributed by atoms with Crippen molar-refractivity contribution in [2.45, 2.75) is 123 Å². The Morgan fingerprint density at radius 1 is 0.270 bits per heavy atom. The summed E-state index contributed by atoms with van der Waals surface area (Å²) in [6, 6.07) is 50.8. The Hall–Kier alpha value is -14.3. The molecule has 0 radical (unpaired) electrons. The molecule has 0 saturated carbocycles. The third kappa shape index (κ3) is 31.9. The Morgan fingerprint density at radius 2 is 0.548 bits per heavy atom. The zero-order valence-electron chi connectivity index (χ0n) is 70.7. The van der Waals surface area contributed by atoms with Crippen LogP contribution in [0.4, 0.5) is 0 Å². The van der Waals surface area contributed by atoms with Crippen molar-refractivity contribution in [1.82, 2.24) is 0 Å². The van der Waals surface area contributed by atoms with Crippen LogP contribution in [-0.2, 0) is 38.1 Å². The third-order valence-electron chi connectivity index (χ3n) is 19.0. The molecule has 26 heteroatoms. The maximum atomic E-state index is 14.8. The second kappa shape index (κ2) is 52.3. The van der Waals surface area contributed by atoms with E-state index in [0.29, 0.717) is 124 Å². The predicted molar refractivity (Wildman–Crippen MR) is 469 cm³/mol. The van der Waals surface area contributed by atoms with Crippen molar-refractivity contribution in [3.63, 3.8) is 0 Å². The van der Waals surface area contributed by atoms with Crippen LogP contribution in [-0.4, -0.2) is 125 Å². The van der Waals surface area contributed by atoms with E-state index in [9.17, 15) is 48.3 Å². The number of carbonyl (C=O) groups excluding carboxylic acids is 9. The number of ether oxygens (including phenoxy) is 16. The smallest absolute Gasteiger partial charge is 0.347 e. The van der Waals surface area contributed by atoms with Crippen molar-refractivity contribution in [3.05, 3.63) is 278 Å². The largest absolute Gasteiger partial charge is 0.494 e. The van der Waals surface area contributed by atoms with Crippen LogP contribution < -0.4 is 56.8 Å². The number of aliphatic hydroxyl groups is 1. The maximum Gasteiger partial charge on any atom is 0.347 e. The van der Waals surface area contributed by atoms with Gasteiger partial charge in [0, 0.05) is 24.3 Å². The lowest BCUT2D eigenvalue weighted by atomic mass is 9.99. The Balaban J connectivity index is 0.911. The van der Waals surface area contributed by atoms with Crippen LogP contribution >= 0.6 is 0 Å². The van der Waals surface area contributed by atoms with E-state index < -0.39 is 60.0 Å². The first-order valence-electron chi connectivity index (χ1n) is 41.8. The van der Waals surface area contributed by atoms with Gasteiger partial charge in [0.1, 0.15) is 51.6 Å². The molecule has 1 N–H and O–H groups in total. The van der Waals surface area contributed by atoms with Crippen molar-refractivity contribution in [2.24, 2.45) is 0 Å². The van der Waals surface area contributed by atoms with E-state index >= 15 is 0 Å². The molecule has 0 bridgehead atoms. The molecule has 0 aliphatic heterocycles. The summed E-state index contributed by atoms with van der Waals surface area (Å²) in [5, 5.41) is 12.3. The zero-order chi connectivity index (χ0) is 89.6. The van der Waals surface area contributed by atoms with Gasteiger partial charge in [-0.05, 0) is 297 Å². The lowest BCUT2D eigenvalue weighted by Gasteiger charge is -2.20. The zero-order valence-corrected chi connectivity index (χ0v) is 70.7. The van der Waals surface area contributed by atoms with Gasteiger partial charge in [0.2, 0.25) is 6.29 Å². The minimum Gasteiger partial charge on any atom is -0.494 e. The summed E-state index contributed by atoms with van der Waals surface area (Å²) in [4.78, 5) is 116. The summed E-state index contributed by atoms with van der Waals surface area (Å²) in [7, 11) is 0. The first kappa shape index (κ1) is 95.6. The SMILES string of the molecule is C=CC(=O)OCCCCCCOc1ccc(C(=O)Oc2ccc(OC(=O)c3ccc(OCCCCCCOC(=O)C=C)cc3)c(C(=O)Oc3cc(-c4ccc(-c5ccc(OCC)c(OC(O)c6cc(OC(=O)c7ccc(OCCCCCCOC(=O)C=C)cc7)ccc6OC(=O)c6ccc(OCCCCCCOC(=O)C=C)cc6)c5)cc4)ccc3OCC)c2)cc1. The van der Waals surface area contributed by atoms with Crippen molar-refractivity contribution < 1.29 is 124 Å². The molecule has 0 saturated heterocycles. The van der Waals surface area contributed by atoms with Crippen LogP contribution in [0.5, 0.6) is 69.0 Å². The Labute approximate surface area is 732 Å². The lowest BCUT2D eigenvalue weighted by molar-refractivity contribution is -0.138. The van der Waals surface area contributed by atoms with Gasteiger partial charge in [-0.2, -0.15) is 0 Å². The first-order valence-corrected chi connectivity index (χ1v) is 41.8. The van der Waals surface area contributed by atoms with Gasteiger partial charge in [0.15, 0.2) is 23.0 Å². The highest BCUT2D eigenvalue weighted by atomic mass is 16.6. The fourth-order valence-electron chi connectivity index (χ4n) is 12.3. The van der Waals surface area contributed by atoms with Gasteiger partial charge < -0.3 is 80.9 Å². The van der Waals surface area contributed by atoms with Crippen LogP contribution in [0.1, 0.15) is 180 Å². The van der Waals surface area contributed by atoms with E-state index in [1.165, 1.54) is 72.8 Å². The summed E-state index contributed by atoms with van der Waals surface area (Å²) >= 11 is 0.